The summed E-state index contributed by atoms with van der Waals surface area (Å²) < 4.78 is 5.24. The molecule has 0 aromatic heterocycles. The molecule has 0 aliphatic heterocycles. The van der Waals surface area contributed by atoms with E-state index < -0.39 is 6.10 Å². The van der Waals surface area contributed by atoms with E-state index >= 15 is 0 Å². The van der Waals surface area contributed by atoms with E-state index in [0.717, 1.165) is 17.7 Å². The monoisotopic (exact) mass is 221 g/mol. The van der Waals surface area contributed by atoms with Crippen molar-refractivity contribution < 1.29 is 9.53 Å². The SMILES string of the molecule is CCOC(C)C(=O)Nc1ccccc1CC. The fourth-order valence-electron chi connectivity index (χ4n) is 1.51. The molecule has 16 heavy (non-hydrogen) atoms. The molecule has 0 radical (unpaired) electrons. The standard InChI is InChI=1S/C13H19NO2/c1-4-11-8-6-7-9-12(11)14-13(15)10(3)16-5-2/h6-10H,4-5H2,1-3H3,(H,14,15). The lowest BCUT2D eigenvalue weighted by atomic mass is 10.1. The first-order chi connectivity index (χ1) is 7.69. The second-order valence-corrected chi connectivity index (χ2v) is 3.60. The van der Waals surface area contributed by atoms with Gasteiger partial charge in [-0.15, -0.1) is 0 Å². The Labute approximate surface area is 96.8 Å². The lowest BCUT2D eigenvalue weighted by Crippen LogP contribution is -2.28. The molecule has 0 saturated carbocycles. The van der Waals surface area contributed by atoms with E-state index in [4.69, 9.17) is 4.74 Å². The summed E-state index contributed by atoms with van der Waals surface area (Å²) in [5, 5.41) is 2.88. The predicted molar refractivity (Wildman–Crippen MR) is 65.5 cm³/mol. The molecule has 1 aromatic rings. The first-order valence-electron chi connectivity index (χ1n) is 5.69. The number of carbonyl (C=O) groups is 1. The zero-order valence-corrected chi connectivity index (χ0v) is 10.1. The fourth-order valence-corrected chi connectivity index (χ4v) is 1.51. The number of anilines is 1. The van der Waals surface area contributed by atoms with Gasteiger partial charge in [-0.2, -0.15) is 0 Å². The van der Waals surface area contributed by atoms with Gasteiger partial charge in [-0.3, -0.25) is 4.79 Å². The Kier molecular flexibility index (Phi) is 4.99. The largest absolute Gasteiger partial charge is 0.369 e. The average Bonchev–Trinajstić information content (AvgIpc) is 2.30. The minimum atomic E-state index is -0.407. The lowest BCUT2D eigenvalue weighted by molar-refractivity contribution is -0.126. The molecule has 0 bridgehead atoms. The fraction of sp³-hybridized carbons (Fsp3) is 0.462. The molecular weight excluding hydrogens is 202 g/mol. The molecule has 1 aromatic carbocycles. The molecule has 1 rings (SSSR count). The van der Waals surface area contributed by atoms with Crippen molar-refractivity contribution >= 4 is 11.6 Å². The summed E-state index contributed by atoms with van der Waals surface area (Å²) in [6, 6.07) is 7.82. The summed E-state index contributed by atoms with van der Waals surface area (Å²) in [4.78, 5) is 11.7. The molecule has 1 amide bonds. The van der Waals surface area contributed by atoms with Crippen LogP contribution in [0.1, 0.15) is 26.3 Å². The zero-order valence-electron chi connectivity index (χ0n) is 10.1. The first-order valence-corrected chi connectivity index (χ1v) is 5.69. The van der Waals surface area contributed by atoms with Gasteiger partial charge in [0.1, 0.15) is 6.10 Å². The average molecular weight is 221 g/mol. The van der Waals surface area contributed by atoms with Crippen LogP contribution < -0.4 is 5.32 Å². The van der Waals surface area contributed by atoms with Crippen LogP contribution >= 0.6 is 0 Å². The van der Waals surface area contributed by atoms with Crippen LogP contribution in [0.3, 0.4) is 0 Å². The number of nitrogens with one attached hydrogen (secondary N) is 1. The smallest absolute Gasteiger partial charge is 0.253 e. The van der Waals surface area contributed by atoms with Gasteiger partial charge in [-0.05, 0) is 31.9 Å². The Balaban J connectivity index is 2.69. The summed E-state index contributed by atoms with van der Waals surface area (Å²) in [5.74, 6) is -0.0947. The maximum Gasteiger partial charge on any atom is 0.253 e. The summed E-state index contributed by atoms with van der Waals surface area (Å²) in [5.41, 5.74) is 2.01. The van der Waals surface area contributed by atoms with E-state index in [1.807, 2.05) is 31.2 Å². The number of carbonyl (C=O) groups excluding carboxylic acids is 1. The molecule has 3 heteroatoms. The van der Waals surface area contributed by atoms with E-state index in [0.29, 0.717) is 6.61 Å². The Morgan fingerprint density at radius 1 is 1.38 bits per heavy atom. The van der Waals surface area contributed by atoms with E-state index in [-0.39, 0.29) is 5.91 Å². The Morgan fingerprint density at radius 3 is 2.69 bits per heavy atom. The van der Waals surface area contributed by atoms with Crippen LogP contribution in [0.4, 0.5) is 5.69 Å². The van der Waals surface area contributed by atoms with Gasteiger partial charge >= 0.3 is 0 Å². The molecule has 88 valence electrons. The van der Waals surface area contributed by atoms with Crippen LogP contribution in [0, 0.1) is 0 Å². The third-order valence-electron chi connectivity index (χ3n) is 2.44. The highest BCUT2D eigenvalue weighted by Crippen LogP contribution is 2.15. The van der Waals surface area contributed by atoms with Gasteiger partial charge in [0.2, 0.25) is 0 Å². The molecule has 3 nitrogen and oxygen atoms in total. The van der Waals surface area contributed by atoms with Crippen molar-refractivity contribution in [2.75, 3.05) is 11.9 Å². The van der Waals surface area contributed by atoms with Crippen molar-refractivity contribution in [1.82, 2.24) is 0 Å². The number of amides is 1. The molecule has 1 atom stereocenters. The normalized spacial score (nSPS) is 12.2. The molecule has 0 aliphatic rings. The second-order valence-electron chi connectivity index (χ2n) is 3.60. The molecule has 0 heterocycles. The van der Waals surface area contributed by atoms with Crippen LogP contribution in [-0.4, -0.2) is 18.6 Å². The van der Waals surface area contributed by atoms with Crippen molar-refractivity contribution in [2.24, 2.45) is 0 Å². The summed E-state index contributed by atoms with van der Waals surface area (Å²) in [6.07, 6.45) is 0.495. The summed E-state index contributed by atoms with van der Waals surface area (Å²) >= 11 is 0. The maximum atomic E-state index is 11.7. The predicted octanol–water partition coefficient (Wildman–Crippen LogP) is 2.61. The van der Waals surface area contributed by atoms with Crippen molar-refractivity contribution in [2.45, 2.75) is 33.3 Å². The van der Waals surface area contributed by atoms with Crippen LogP contribution in [0.25, 0.3) is 0 Å². The Bertz CT molecular complexity index is 350. The van der Waals surface area contributed by atoms with Crippen LogP contribution in [0.2, 0.25) is 0 Å². The number of para-hydroxylation sites is 1. The summed E-state index contributed by atoms with van der Waals surface area (Å²) in [6.45, 7) is 6.25. The Hall–Kier alpha value is -1.35. The van der Waals surface area contributed by atoms with E-state index in [9.17, 15) is 4.79 Å². The summed E-state index contributed by atoms with van der Waals surface area (Å²) in [7, 11) is 0. The van der Waals surface area contributed by atoms with Crippen LogP contribution in [0.15, 0.2) is 24.3 Å². The second kappa shape index (κ2) is 6.28. The maximum absolute atomic E-state index is 11.7. The van der Waals surface area contributed by atoms with Gasteiger partial charge < -0.3 is 10.1 Å². The van der Waals surface area contributed by atoms with Gasteiger partial charge in [0.15, 0.2) is 0 Å². The third-order valence-corrected chi connectivity index (χ3v) is 2.44. The first kappa shape index (κ1) is 12.7. The minimum Gasteiger partial charge on any atom is -0.369 e. The number of ether oxygens (including phenoxy) is 1. The highest BCUT2D eigenvalue weighted by molar-refractivity contribution is 5.94. The highest BCUT2D eigenvalue weighted by Gasteiger charge is 2.13. The van der Waals surface area contributed by atoms with E-state index in [2.05, 4.69) is 12.2 Å². The Morgan fingerprint density at radius 2 is 2.06 bits per heavy atom. The molecule has 0 spiro atoms. The van der Waals surface area contributed by atoms with Crippen molar-refractivity contribution in [3.05, 3.63) is 29.8 Å². The van der Waals surface area contributed by atoms with Gasteiger partial charge in [0.25, 0.3) is 5.91 Å². The number of hydrogen-bond acceptors (Lipinski definition) is 2. The number of aryl methyl sites for hydroxylation is 1. The molecule has 1 N–H and O–H groups in total. The number of benzene rings is 1. The molecule has 0 fully saturated rings. The number of rotatable bonds is 5. The van der Waals surface area contributed by atoms with Crippen molar-refractivity contribution in [3.63, 3.8) is 0 Å². The van der Waals surface area contributed by atoms with Crippen molar-refractivity contribution in [1.29, 1.82) is 0 Å². The molecule has 1 unspecified atom stereocenters. The van der Waals surface area contributed by atoms with Gasteiger partial charge in [-0.1, -0.05) is 25.1 Å². The molecular formula is C13H19NO2. The lowest BCUT2D eigenvalue weighted by Gasteiger charge is -2.14. The van der Waals surface area contributed by atoms with Gasteiger partial charge in [0, 0.05) is 12.3 Å². The zero-order chi connectivity index (χ0) is 12.0. The molecule has 0 aliphatic carbocycles. The van der Waals surface area contributed by atoms with Gasteiger partial charge in [0.05, 0.1) is 0 Å². The van der Waals surface area contributed by atoms with Crippen LogP contribution in [0.5, 0.6) is 0 Å². The minimum absolute atomic E-state index is 0.0947. The quantitative estimate of drug-likeness (QED) is 0.830. The molecule has 0 saturated heterocycles. The van der Waals surface area contributed by atoms with Gasteiger partial charge in [-0.25, -0.2) is 0 Å². The highest BCUT2D eigenvalue weighted by atomic mass is 16.5. The van der Waals surface area contributed by atoms with E-state index in [1.54, 1.807) is 6.92 Å². The topological polar surface area (TPSA) is 38.3 Å². The third kappa shape index (κ3) is 3.35. The van der Waals surface area contributed by atoms with Crippen molar-refractivity contribution in [3.8, 4) is 0 Å². The van der Waals surface area contributed by atoms with Crippen LogP contribution in [-0.2, 0) is 16.0 Å². The number of hydrogen-bond donors (Lipinski definition) is 1. The van der Waals surface area contributed by atoms with E-state index in [1.165, 1.54) is 0 Å².